The molecule has 0 spiro atoms. The second-order valence-corrected chi connectivity index (χ2v) is 9.45. The fourth-order valence-electron chi connectivity index (χ4n) is 5.25. The first-order chi connectivity index (χ1) is 17.5. The summed E-state index contributed by atoms with van der Waals surface area (Å²) in [7, 11) is 1.65. The first-order valence-corrected chi connectivity index (χ1v) is 12.3. The Hall–Kier alpha value is -3.53. The molecule has 1 heterocycles. The van der Waals surface area contributed by atoms with Gasteiger partial charge in [-0.3, -0.25) is 4.99 Å². The Morgan fingerprint density at radius 1 is 1.22 bits per heavy atom. The van der Waals surface area contributed by atoms with Crippen LogP contribution < -0.4 is 15.3 Å². The van der Waals surface area contributed by atoms with E-state index in [-0.39, 0.29) is 17.4 Å². The molecule has 36 heavy (non-hydrogen) atoms. The fourth-order valence-corrected chi connectivity index (χ4v) is 5.25. The Kier molecular flexibility index (Phi) is 6.61. The molecule has 3 aliphatic rings. The van der Waals surface area contributed by atoms with Crippen molar-refractivity contribution in [2.45, 2.75) is 25.3 Å². The summed E-state index contributed by atoms with van der Waals surface area (Å²) >= 11 is 0. The number of fused-ring (bicyclic) bond motifs is 2. The van der Waals surface area contributed by atoms with Crippen molar-refractivity contribution in [1.82, 2.24) is 0 Å². The molecule has 0 saturated heterocycles. The summed E-state index contributed by atoms with van der Waals surface area (Å²) < 4.78 is 39.9. The lowest BCUT2D eigenvalue weighted by Crippen LogP contribution is -2.38. The molecule has 5 rings (SSSR count). The fraction of sp³-hybridized carbons (Fsp3) is 0.290. The SMILES string of the molecule is C=CC(C)C1=c2cc(-c3ccc(F)cc3F)cc(OCCCOC)c2=NC2(C3=CC=CC=C=C3)CC12. The zero-order valence-corrected chi connectivity index (χ0v) is 20.6. The third kappa shape index (κ3) is 4.30. The molecule has 0 amide bonds. The molecular formula is C31H29F2NO2. The zero-order chi connectivity index (χ0) is 25.3. The van der Waals surface area contributed by atoms with Gasteiger partial charge in [-0.15, -0.1) is 12.3 Å². The van der Waals surface area contributed by atoms with Crippen LogP contribution in [-0.2, 0) is 4.74 Å². The van der Waals surface area contributed by atoms with Gasteiger partial charge in [-0.2, -0.15) is 0 Å². The molecule has 0 bridgehead atoms. The number of rotatable bonds is 9. The predicted molar refractivity (Wildman–Crippen MR) is 138 cm³/mol. The molecule has 2 aliphatic carbocycles. The molecular weight excluding hydrogens is 456 g/mol. The molecule has 2 aromatic carbocycles. The number of methoxy groups -OCH3 is 1. The summed E-state index contributed by atoms with van der Waals surface area (Å²) in [6.45, 7) is 7.19. The molecule has 1 fully saturated rings. The van der Waals surface area contributed by atoms with Gasteiger partial charge in [-0.25, -0.2) is 8.78 Å². The molecule has 0 radical (unpaired) electrons. The van der Waals surface area contributed by atoms with Crippen LogP contribution in [0.25, 0.3) is 16.7 Å². The normalized spacial score (nSPS) is 22.2. The highest BCUT2D eigenvalue weighted by molar-refractivity contribution is 5.71. The molecule has 5 heteroatoms. The second kappa shape index (κ2) is 9.85. The highest BCUT2D eigenvalue weighted by Crippen LogP contribution is 2.59. The van der Waals surface area contributed by atoms with E-state index in [2.05, 4.69) is 25.3 Å². The smallest absolute Gasteiger partial charge is 0.145 e. The third-order valence-electron chi connectivity index (χ3n) is 7.16. The Morgan fingerprint density at radius 2 is 2.08 bits per heavy atom. The molecule has 1 saturated carbocycles. The molecule has 2 aromatic rings. The number of benzene rings is 2. The van der Waals surface area contributed by atoms with E-state index in [4.69, 9.17) is 14.5 Å². The summed E-state index contributed by atoms with van der Waals surface area (Å²) in [5.41, 5.74) is 6.11. The van der Waals surface area contributed by atoms with Gasteiger partial charge in [0.15, 0.2) is 0 Å². The standard InChI is InChI=1S/C31H29F2NO2/c1-4-20(2)29-25-16-21(24-13-12-23(32)18-27(24)33)17-28(36-15-9-14-35-3)30(25)34-31(19-26(29)31)22-10-7-5-6-8-11-22/h4-7,10-13,16-18,20,26H,1,9,14-15,19H2,2-3H3. The molecule has 1 aliphatic heterocycles. The van der Waals surface area contributed by atoms with Crippen LogP contribution in [0.15, 0.2) is 89.7 Å². The van der Waals surface area contributed by atoms with Crippen LogP contribution in [0.2, 0.25) is 0 Å². The third-order valence-corrected chi connectivity index (χ3v) is 7.16. The molecule has 3 nitrogen and oxygen atoms in total. The average molecular weight is 486 g/mol. The lowest BCUT2D eigenvalue weighted by Gasteiger charge is -2.24. The summed E-state index contributed by atoms with van der Waals surface area (Å²) in [5, 5.41) is 1.70. The van der Waals surface area contributed by atoms with E-state index in [1.807, 2.05) is 42.5 Å². The monoisotopic (exact) mass is 485 g/mol. The van der Waals surface area contributed by atoms with Gasteiger partial charge < -0.3 is 9.47 Å². The lowest BCUT2D eigenvalue weighted by molar-refractivity contribution is 0.171. The highest BCUT2D eigenvalue weighted by Gasteiger charge is 2.59. The van der Waals surface area contributed by atoms with Gasteiger partial charge in [0.05, 0.1) is 12.1 Å². The number of nitrogens with zero attached hydrogens (tertiary/aromatic N) is 1. The first kappa shape index (κ1) is 24.2. The Balaban J connectivity index is 1.75. The minimum Gasteiger partial charge on any atom is -0.491 e. The van der Waals surface area contributed by atoms with Crippen LogP contribution in [0.1, 0.15) is 19.8 Å². The second-order valence-electron chi connectivity index (χ2n) is 9.45. The topological polar surface area (TPSA) is 30.8 Å². The van der Waals surface area contributed by atoms with Crippen molar-refractivity contribution in [3.8, 4) is 16.9 Å². The summed E-state index contributed by atoms with van der Waals surface area (Å²) in [4.78, 5) is 5.30. The number of hydrogen-bond acceptors (Lipinski definition) is 3. The average Bonchev–Trinajstić information content (AvgIpc) is 3.65. The zero-order valence-electron chi connectivity index (χ0n) is 20.6. The van der Waals surface area contributed by atoms with E-state index in [1.54, 1.807) is 7.11 Å². The van der Waals surface area contributed by atoms with Crippen molar-refractivity contribution in [2.75, 3.05) is 20.3 Å². The van der Waals surface area contributed by atoms with Gasteiger partial charge in [-0.05, 0) is 65.5 Å². The molecule has 3 atom stereocenters. The summed E-state index contributed by atoms with van der Waals surface area (Å²) in [6, 6.07) is 7.43. The summed E-state index contributed by atoms with van der Waals surface area (Å²) in [5.74, 6) is -0.349. The van der Waals surface area contributed by atoms with E-state index in [9.17, 15) is 8.78 Å². The number of ether oxygens (including phenoxy) is 2. The Labute approximate surface area is 210 Å². The number of hydrogen-bond donors (Lipinski definition) is 0. The number of halogens is 2. The van der Waals surface area contributed by atoms with Crippen molar-refractivity contribution in [2.24, 2.45) is 16.8 Å². The van der Waals surface area contributed by atoms with E-state index < -0.39 is 11.6 Å². The van der Waals surface area contributed by atoms with Gasteiger partial charge in [-0.1, -0.05) is 31.2 Å². The van der Waals surface area contributed by atoms with Crippen LogP contribution in [0.3, 0.4) is 0 Å². The van der Waals surface area contributed by atoms with E-state index in [0.717, 1.165) is 28.6 Å². The molecule has 3 unspecified atom stereocenters. The van der Waals surface area contributed by atoms with E-state index in [0.29, 0.717) is 36.5 Å². The quantitative estimate of drug-likeness (QED) is 0.262. The first-order valence-electron chi connectivity index (χ1n) is 12.3. The Bertz CT molecular complexity index is 1460. The van der Waals surface area contributed by atoms with E-state index in [1.165, 1.54) is 17.7 Å². The maximum atomic E-state index is 14.8. The van der Waals surface area contributed by atoms with Gasteiger partial charge >= 0.3 is 0 Å². The van der Waals surface area contributed by atoms with Crippen LogP contribution >= 0.6 is 0 Å². The van der Waals surface area contributed by atoms with Gasteiger partial charge in [0.1, 0.15) is 22.7 Å². The predicted octanol–water partition coefficient (Wildman–Crippen LogP) is 5.62. The van der Waals surface area contributed by atoms with Gasteiger partial charge in [0.25, 0.3) is 0 Å². The minimum atomic E-state index is -0.612. The lowest BCUT2D eigenvalue weighted by atomic mass is 9.86. The van der Waals surface area contributed by atoms with Crippen LogP contribution in [0, 0.1) is 23.5 Å². The van der Waals surface area contributed by atoms with Crippen molar-refractivity contribution < 1.29 is 18.3 Å². The Morgan fingerprint density at radius 3 is 2.86 bits per heavy atom. The maximum absolute atomic E-state index is 14.8. The largest absolute Gasteiger partial charge is 0.491 e. The van der Waals surface area contributed by atoms with E-state index >= 15 is 0 Å². The van der Waals surface area contributed by atoms with Crippen molar-refractivity contribution in [3.05, 3.63) is 107 Å². The van der Waals surface area contributed by atoms with Crippen molar-refractivity contribution in [3.63, 3.8) is 0 Å². The van der Waals surface area contributed by atoms with Crippen LogP contribution in [0.4, 0.5) is 8.78 Å². The van der Waals surface area contributed by atoms with Crippen molar-refractivity contribution >= 4 is 5.57 Å². The molecule has 0 aromatic heterocycles. The van der Waals surface area contributed by atoms with Crippen LogP contribution in [0.5, 0.6) is 5.75 Å². The summed E-state index contributed by atoms with van der Waals surface area (Å²) in [6.07, 6.45) is 13.5. The minimum absolute atomic E-state index is 0.0854. The maximum Gasteiger partial charge on any atom is 0.145 e. The molecule has 0 N–H and O–H groups in total. The van der Waals surface area contributed by atoms with Crippen LogP contribution in [-0.4, -0.2) is 25.9 Å². The number of allylic oxidation sites excluding steroid dienone is 4. The highest BCUT2D eigenvalue weighted by atomic mass is 19.1. The van der Waals surface area contributed by atoms with Gasteiger partial charge in [0.2, 0.25) is 0 Å². The van der Waals surface area contributed by atoms with Gasteiger partial charge in [0, 0.05) is 42.9 Å². The molecule has 184 valence electrons. The van der Waals surface area contributed by atoms with Crippen molar-refractivity contribution in [1.29, 1.82) is 0 Å².